The lowest BCUT2D eigenvalue weighted by atomic mass is 10.1. The van der Waals surface area contributed by atoms with Crippen molar-refractivity contribution >= 4 is 5.97 Å². The molecule has 0 N–H and O–H groups in total. The van der Waals surface area contributed by atoms with Crippen molar-refractivity contribution in [2.24, 2.45) is 0 Å². The van der Waals surface area contributed by atoms with Crippen molar-refractivity contribution in [2.45, 2.75) is 32.7 Å². The molecule has 0 saturated heterocycles. The monoisotopic (exact) mass is 290 g/mol. The van der Waals surface area contributed by atoms with Crippen LogP contribution in [-0.4, -0.2) is 22.1 Å². The van der Waals surface area contributed by atoms with Crippen LogP contribution in [0.2, 0.25) is 0 Å². The first-order chi connectivity index (χ1) is 10.2. The molecular weight excluding hydrogens is 271 g/mol. The van der Waals surface area contributed by atoms with Gasteiger partial charge in [-0.05, 0) is 18.4 Å². The largest absolute Gasteiger partial charge is 0.461 e. The van der Waals surface area contributed by atoms with Crippen LogP contribution in [0.15, 0.2) is 36.7 Å². The predicted octanol–water partition coefficient (Wildman–Crippen LogP) is 3.22. The summed E-state index contributed by atoms with van der Waals surface area (Å²) in [6.45, 7) is 2.79. The number of benzene rings is 1. The standard InChI is InChI=1S/C16H19FN2O2/c1-2-3-11-21-16(20)14-15(17)18-12-19(14)10-9-13-7-5-4-6-8-13/h4-8,12H,2-3,9-11H2,1H3. The number of halogens is 1. The zero-order chi connectivity index (χ0) is 15.1. The topological polar surface area (TPSA) is 44.1 Å². The number of esters is 1. The summed E-state index contributed by atoms with van der Waals surface area (Å²) < 4.78 is 20.2. The van der Waals surface area contributed by atoms with E-state index in [9.17, 15) is 9.18 Å². The van der Waals surface area contributed by atoms with Gasteiger partial charge in [-0.2, -0.15) is 4.39 Å². The van der Waals surface area contributed by atoms with Gasteiger partial charge in [0.05, 0.1) is 12.9 Å². The van der Waals surface area contributed by atoms with E-state index in [1.807, 2.05) is 37.3 Å². The number of carbonyl (C=O) groups is 1. The maximum Gasteiger partial charge on any atom is 0.359 e. The maximum absolute atomic E-state index is 13.7. The molecule has 1 aromatic heterocycles. The third-order valence-electron chi connectivity index (χ3n) is 3.20. The van der Waals surface area contributed by atoms with Gasteiger partial charge in [0.25, 0.3) is 0 Å². The number of ether oxygens (including phenoxy) is 1. The molecule has 2 aromatic rings. The van der Waals surface area contributed by atoms with Crippen molar-refractivity contribution < 1.29 is 13.9 Å². The molecule has 0 radical (unpaired) electrons. The summed E-state index contributed by atoms with van der Waals surface area (Å²) in [5, 5.41) is 0. The van der Waals surface area contributed by atoms with Crippen LogP contribution in [0.5, 0.6) is 0 Å². The Labute approximate surface area is 123 Å². The van der Waals surface area contributed by atoms with Crippen LogP contribution in [0.25, 0.3) is 0 Å². The first kappa shape index (κ1) is 15.2. The Kier molecular flexibility index (Phi) is 5.49. The Morgan fingerprint density at radius 3 is 2.81 bits per heavy atom. The molecule has 0 unspecified atom stereocenters. The number of nitrogens with zero attached hydrogens (tertiary/aromatic N) is 2. The molecular formula is C16H19FN2O2. The van der Waals surface area contributed by atoms with Crippen LogP contribution in [-0.2, 0) is 17.7 Å². The van der Waals surface area contributed by atoms with Crippen molar-refractivity contribution in [1.29, 1.82) is 0 Å². The highest BCUT2D eigenvalue weighted by atomic mass is 19.1. The minimum absolute atomic E-state index is 0.0953. The number of hydrogen-bond acceptors (Lipinski definition) is 3. The van der Waals surface area contributed by atoms with Gasteiger partial charge in [-0.1, -0.05) is 43.7 Å². The minimum atomic E-state index is -0.774. The smallest absolute Gasteiger partial charge is 0.359 e. The minimum Gasteiger partial charge on any atom is -0.461 e. The van der Waals surface area contributed by atoms with Gasteiger partial charge < -0.3 is 9.30 Å². The van der Waals surface area contributed by atoms with Crippen molar-refractivity contribution in [3.63, 3.8) is 0 Å². The van der Waals surface area contributed by atoms with Crippen LogP contribution in [0.1, 0.15) is 35.8 Å². The lowest BCUT2D eigenvalue weighted by Crippen LogP contribution is -2.15. The van der Waals surface area contributed by atoms with E-state index in [0.29, 0.717) is 19.6 Å². The van der Waals surface area contributed by atoms with E-state index in [1.165, 1.54) is 10.9 Å². The SMILES string of the molecule is CCCCOC(=O)c1c(F)ncn1CCc1ccccc1. The molecule has 1 heterocycles. The van der Waals surface area contributed by atoms with Gasteiger partial charge in [-0.3, -0.25) is 0 Å². The summed E-state index contributed by atoms with van der Waals surface area (Å²) in [7, 11) is 0. The highest BCUT2D eigenvalue weighted by Gasteiger charge is 2.20. The fraction of sp³-hybridized carbons (Fsp3) is 0.375. The summed E-state index contributed by atoms with van der Waals surface area (Å²) in [4.78, 5) is 15.5. The van der Waals surface area contributed by atoms with E-state index in [4.69, 9.17) is 4.74 Å². The molecule has 0 aliphatic carbocycles. The maximum atomic E-state index is 13.7. The number of unbranched alkanes of at least 4 members (excludes halogenated alkanes) is 1. The second kappa shape index (κ2) is 7.57. The number of rotatable bonds is 7. The second-order valence-electron chi connectivity index (χ2n) is 4.80. The van der Waals surface area contributed by atoms with Crippen LogP contribution >= 0.6 is 0 Å². The molecule has 0 saturated carbocycles. The molecule has 0 amide bonds. The molecule has 0 atom stereocenters. The normalized spacial score (nSPS) is 10.6. The van der Waals surface area contributed by atoms with Crippen LogP contribution in [0.4, 0.5) is 4.39 Å². The zero-order valence-electron chi connectivity index (χ0n) is 12.1. The first-order valence-electron chi connectivity index (χ1n) is 7.14. The molecule has 5 heteroatoms. The van der Waals surface area contributed by atoms with E-state index in [-0.39, 0.29) is 5.69 Å². The van der Waals surface area contributed by atoms with E-state index >= 15 is 0 Å². The number of carbonyl (C=O) groups excluding carboxylic acids is 1. The Bertz CT molecular complexity index is 581. The van der Waals surface area contributed by atoms with E-state index < -0.39 is 11.9 Å². The highest BCUT2D eigenvalue weighted by Crippen LogP contribution is 2.10. The Morgan fingerprint density at radius 2 is 2.10 bits per heavy atom. The Morgan fingerprint density at radius 1 is 1.33 bits per heavy atom. The fourth-order valence-electron chi connectivity index (χ4n) is 2.00. The van der Waals surface area contributed by atoms with Crippen LogP contribution < -0.4 is 0 Å². The molecule has 0 aliphatic rings. The van der Waals surface area contributed by atoms with E-state index in [2.05, 4.69) is 4.98 Å². The molecule has 0 fully saturated rings. The van der Waals surface area contributed by atoms with Crippen molar-refractivity contribution in [3.05, 3.63) is 53.9 Å². The lowest BCUT2D eigenvalue weighted by molar-refractivity contribution is 0.0481. The van der Waals surface area contributed by atoms with Crippen molar-refractivity contribution in [3.8, 4) is 0 Å². The number of hydrogen-bond donors (Lipinski definition) is 0. The highest BCUT2D eigenvalue weighted by molar-refractivity contribution is 5.87. The summed E-state index contributed by atoms with van der Waals surface area (Å²) >= 11 is 0. The van der Waals surface area contributed by atoms with Gasteiger partial charge in [0.1, 0.15) is 0 Å². The average molecular weight is 290 g/mol. The summed E-state index contributed by atoms with van der Waals surface area (Å²) in [6, 6.07) is 9.82. The van der Waals surface area contributed by atoms with E-state index in [0.717, 1.165) is 18.4 Å². The van der Waals surface area contributed by atoms with Gasteiger partial charge in [0.2, 0.25) is 5.95 Å². The van der Waals surface area contributed by atoms with Crippen LogP contribution in [0.3, 0.4) is 0 Å². The van der Waals surface area contributed by atoms with Gasteiger partial charge in [0.15, 0.2) is 5.69 Å². The number of imidazole rings is 1. The Balaban J connectivity index is 2.02. The molecule has 2 rings (SSSR count). The van der Waals surface area contributed by atoms with Gasteiger partial charge >= 0.3 is 5.97 Å². The molecule has 0 spiro atoms. The van der Waals surface area contributed by atoms with Gasteiger partial charge in [0, 0.05) is 6.54 Å². The third kappa shape index (κ3) is 4.15. The predicted molar refractivity (Wildman–Crippen MR) is 77.5 cm³/mol. The molecule has 0 bridgehead atoms. The second-order valence-corrected chi connectivity index (χ2v) is 4.80. The summed E-state index contributed by atoms with van der Waals surface area (Å²) in [6.07, 6.45) is 3.73. The third-order valence-corrected chi connectivity index (χ3v) is 3.20. The summed E-state index contributed by atoms with van der Waals surface area (Å²) in [5.74, 6) is -1.42. The molecule has 4 nitrogen and oxygen atoms in total. The summed E-state index contributed by atoms with van der Waals surface area (Å²) in [5.41, 5.74) is 1.03. The number of aryl methyl sites for hydroxylation is 2. The molecule has 1 aromatic carbocycles. The first-order valence-corrected chi connectivity index (χ1v) is 7.14. The molecule has 0 aliphatic heterocycles. The van der Waals surface area contributed by atoms with Gasteiger partial charge in [-0.15, -0.1) is 0 Å². The van der Waals surface area contributed by atoms with Crippen molar-refractivity contribution in [1.82, 2.24) is 9.55 Å². The zero-order valence-corrected chi connectivity index (χ0v) is 12.1. The van der Waals surface area contributed by atoms with Crippen molar-refractivity contribution in [2.75, 3.05) is 6.61 Å². The van der Waals surface area contributed by atoms with Crippen LogP contribution in [0, 0.1) is 5.95 Å². The van der Waals surface area contributed by atoms with E-state index in [1.54, 1.807) is 0 Å². The quantitative estimate of drug-likeness (QED) is 0.581. The fourth-order valence-corrected chi connectivity index (χ4v) is 2.00. The molecule has 112 valence electrons. The molecule has 21 heavy (non-hydrogen) atoms. The van der Waals surface area contributed by atoms with Gasteiger partial charge in [-0.25, -0.2) is 9.78 Å². The lowest BCUT2D eigenvalue weighted by Gasteiger charge is -2.08. The average Bonchev–Trinajstić information content (AvgIpc) is 2.87. The number of aromatic nitrogens is 2. The Hall–Kier alpha value is -2.17.